The summed E-state index contributed by atoms with van der Waals surface area (Å²) in [4.78, 5) is 14.0. The molecule has 1 aromatic carbocycles. The summed E-state index contributed by atoms with van der Waals surface area (Å²) >= 11 is 0. The largest absolute Gasteiger partial charge is 0.462 e. The summed E-state index contributed by atoms with van der Waals surface area (Å²) in [6.45, 7) is 7.72. The van der Waals surface area contributed by atoms with Crippen LogP contribution < -0.4 is 11.1 Å². The third-order valence-electron chi connectivity index (χ3n) is 3.63. The van der Waals surface area contributed by atoms with E-state index in [-0.39, 0.29) is 5.97 Å². The molecule has 1 saturated heterocycles. The van der Waals surface area contributed by atoms with Crippen LogP contribution in [0.2, 0.25) is 0 Å². The highest BCUT2D eigenvalue weighted by Crippen LogP contribution is 2.20. The quantitative estimate of drug-likeness (QED) is 0.452. The Hall–Kier alpha value is -1.79. The van der Waals surface area contributed by atoms with Crippen molar-refractivity contribution in [2.75, 3.05) is 57.1 Å². The van der Waals surface area contributed by atoms with Gasteiger partial charge in [0.1, 0.15) is 0 Å². The predicted molar refractivity (Wildman–Crippen MR) is 87.2 cm³/mol. The summed E-state index contributed by atoms with van der Waals surface area (Å²) in [6, 6.07) is 5.22. The third kappa shape index (κ3) is 4.89. The normalized spacial score (nSPS) is 15.5. The average molecular weight is 307 g/mol. The van der Waals surface area contributed by atoms with Crippen LogP contribution in [0.5, 0.6) is 0 Å². The van der Waals surface area contributed by atoms with E-state index < -0.39 is 0 Å². The van der Waals surface area contributed by atoms with Crippen molar-refractivity contribution in [1.29, 1.82) is 0 Å². The first-order valence-electron chi connectivity index (χ1n) is 7.81. The van der Waals surface area contributed by atoms with E-state index in [2.05, 4.69) is 10.2 Å². The molecule has 0 aromatic heterocycles. The van der Waals surface area contributed by atoms with Crippen LogP contribution in [0, 0.1) is 0 Å². The van der Waals surface area contributed by atoms with Gasteiger partial charge in [-0.25, -0.2) is 4.79 Å². The molecule has 0 radical (unpaired) electrons. The van der Waals surface area contributed by atoms with Gasteiger partial charge in [-0.3, -0.25) is 4.90 Å². The lowest BCUT2D eigenvalue weighted by atomic mass is 10.1. The standard InChI is InChI=1S/C16H25N3O3/c1-2-22-16(20)13-4-5-15(14(17)12-13)18-6-3-7-19-8-10-21-11-9-19/h4-5,12,18H,2-3,6-11,17H2,1H3. The molecule has 1 aliphatic rings. The monoisotopic (exact) mass is 307 g/mol. The van der Waals surface area contributed by atoms with E-state index in [4.69, 9.17) is 15.2 Å². The Morgan fingerprint density at radius 3 is 2.86 bits per heavy atom. The Bertz CT molecular complexity index is 488. The van der Waals surface area contributed by atoms with Gasteiger partial charge in [-0.05, 0) is 38.1 Å². The van der Waals surface area contributed by atoms with E-state index in [1.54, 1.807) is 19.1 Å². The lowest BCUT2D eigenvalue weighted by Gasteiger charge is -2.26. The number of esters is 1. The number of carbonyl (C=O) groups excluding carboxylic acids is 1. The Kier molecular flexibility index (Phi) is 6.48. The van der Waals surface area contributed by atoms with Crippen LogP contribution in [-0.4, -0.2) is 56.9 Å². The zero-order chi connectivity index (χ0) is 15.8. The summed E-state index contributed by atoms with van der Waals surface area (Å²) in [6.07, 6.45) is 1.04. The van der Waals surface area contributed by atoms with Gasteiger partial charge in [0.15, 0.2) is 0 Å². The highest BCUT2D eigenvalue weighted by Gasteiger charge is 2.10. The average Bonchev–Trinajstić information content (AvgIpc) is 2.54. The van der Waals surface area contributed by atoms with Crippen molar-refractivity contribution in [3.05, 3.63) is 23.8 Å². The molecule has 0 saturated carbocycles. The van der Waals surface area contributed by atoms with Crippen molar-refractivity contribution >= 4 is 17.3 Å². The van der Waals surface area contributed by atoms with Crippen molar-refractivity contribution in [2.45, 2.75) is 13.3 Å². The van der Waals surface area contributed by atoms with Gasteiger partial charge in [-0.2, -0.15) is 0 Å². The summed E-state index contributed by atoms with van der Waals surface area (Å²) < 4.78 is 10.3. The summed E-state index contributed by atoms with van der Waals surface area (Å²) in [5.41, 5.74) is 7.89. The molecule has 0 unspecified atom stereocenters. The maximum absolute atomic E-state index is 11.6. The number of nitrogens with two attached hydrogens (primary N) is 1. The van der Waals surface area contributed by atoms with Crippen molar-refractivity contribution in [1.82, 2.24) is 4.90 Å². The van der Waals surface area contributed by atoms with E-state index in [0.717, 1.165) is 51.5 Å². The SMILES string of the molecule is CCOC(=O)c1ccc(NCCCN2CCOCC2)c(N)c1. The van der Waals surface area contributed by atoms with Gasteiger partial charge in [0.05, 0.1) is 36.8 Å². The fourth-order valence-electron chi connectivity index (χ4n) is 2.42. The fourth-order valence-corrected chi connectivity index (χ4v) is 2.42. The lowest BCUT2D eigenvalue weighted by Crippen LogP contribution is -2.37. The van der Waals surface area contributed by atoms with Crippen LogP contribution >= 0.6 is 0 Å². The van der Waals surface area contributed by atoms with Gasteiger partial charge >= 0.3 is 5.97 Å². The van der Waals surface area contributed by atoms with Crippen LogP contribution in [0.25, 0.3) is 0 Å². The minimum absolute atomic E-state index is 0.340. The first-order chi connectivity index (χ1) is 10.7. The van der Waals surface area contributed by atoms with Gasteiger partial charge in [-0.15, -0.1) is 0 Å². The molecule has 0 bridgehead atoms. The molecular formula is C16H25N3O3. The molecular weight excluding hydrogens is 282 g/mol. The van der Waals surface area contributed by atoms with Crippen molar-refractivity contribution in [2.24, 2.45) is 0 Å². The molecule has 0 aliphatic carbocycles. The van der Waals surface area contributed by atoms with Crippen LogP contribution in [0.1, 0.15) is 23.7 Å². The number of rotatable bonds is 7. The molecule has 2 rings (SSSR count). The van der Waals surface area contributed by atoms with Gasteiger partial charge in [0.2, 0.25) is 0 Å². The Labute approximate surface area is 131 Å². The van der Waals surface area contributed by atoms with Crippen molar-refractivity contribution in [3.8, 4) is 0 Å². The maximum atomic E-state index is 11.6. The highest BCUT2D eigenvalue weighted by atomic mass is 16.5. The molecule has 1 aliphatic heterocycles. The molecule has 1 heterocycles. The minimum Gasteiger partial charge on any atom is -0.462 e. The lowest BCUT2D eigenvalue weighted by molar-refractivity contribution is 0.0378. The number of ether oxygens (including phenoxy) is 2. The van der Waals surface area contributed by atoms with Gasteiger partial charge in [-0.1, -0.05) is 0 Å². The third-order valence-corrected chi connectivity index (χ3v) is 3.63. The fraction of sp³-hybridized carbons (Fsp3) is 0.562. The minimum atomic E-state index is -0.340. The van der Waals surface area contributed by atoms with E-state index in [1.807, 2.05) is 6.07 Å². The van der Waals surface area contributed by atoms with Crippen LogP contribution in [0.15, 0.2) is 18.2 Å². The summed E-state index contributed by atoms with van der Waals surface area (Å²) in [5.74, 6) is -0.340. The maximum Gasteiger partial charge on any atom is 0.338 e. The summed E-state index contributed by atoms with van der Waals surface area (Å²) in [7, 11) is 0. The number of nitrogen functional groups attached to an aromatic ring is 1. The molecule has 0 atom stereocenters. The van der Waals surface area contributed by atoms with E-state index in [0.29, 0.717) is 17.9 Å². The molecule has 6 heteroatoms. The molecule has 0 spiro atoms. The Morgan fingerprint density at radius 1 is 1.41 bits per heavy atom. The molecule has 6 nitrogen and oxygen atoms in total. The molecule has 3 N–H and O–H groups in total. The smallest absolute Gasteiger partial charge is 0.338 e. The Balaban J connectivity index is 1.76. The zero-order valence-corrected chi connectivity index (χ0v) is 13.1. The highest BCUT2D eigenvalue weighted by molar-refractivity contribution is 5.91. The first kappa shape index (κ1) is 16.6. The molecule has 0 amide bonds. The second-order valence-corrected chi connectivity index (χ2v) is 5.26. The molecule has 122 valence electrons. The van der Waals surface area contributed by atoms with E-state index in [1.165, 1.54) is 0 Å². The molecule has 1 aromatic rings. The van der Waals surface area contributed by atoms with E-state index in [9.17, 15) is 4.79 Å². The number of benzene rings is 1. The number of nitrogens with zero attached hydrogens (tertiary/aromatic N) is 1. The van der Waals surface area contributed by atoms with Crippen LogP contribution in [0.3, 0.4) is 0 Å². The second-order valence-electron chi connectivity index (χ2n) is 5.26. The topological polar surface area (TPSA) is 76.8 Å². The first-order valence-corrected chi connectivity index (χ1v) is 7.81. The number of anilines is 2. The number of morpholine rings is 1. The number of hydrogen-bond donors (Lipinski definition) is 2. The molecule has 22 heavy (non-hydrogen) atoms. The van der Waals surface area contributed by atoms with Gasteiger partial charge in [0, 0.05) is 19.6 Å². The van der Waals surface area contributed by atoms with E-state index >= 15 is 0 Å². The van der Waals surface area contributed by atoms with Crippen molar-refractivity contribution < 1.29 is 14.3 Å². The predicted octanol–water partition coefficient (Wildman–Crippen LogP) is 1.58. The summed E-state index contributed by atoms with van der Waals surface area (Å²) in [5, 5.41) is 3.32. The molecule has 1 fully saturated rings. The number of carbonyl (C=O) groups is 1. The Morgan fingerprint density at radius 2 is 2.18 bits per heavy atom. The second kappa shape index (κ2) is 8.60. The van der Waals surface area contributed by atoms with Crippen LogP contribution in [-0.2, 0) is 9.47 Å². The van der Waals surface area contributed by atoms with Gasteiger partial charge < -0.3 is 20.5 Å². The number of nitrogens with one attached hydrogen (secondary N) is 1. The van der Waals surface area contributed by atoms with Crippen LogP contribution in [0.4, 0.5) is 11.4 Å². The number of hydrogen-bond acceptors (Lipinski definition) is 6. The van der Waals surface area contributed by atoms with Crippen molar-refractivity contribution in [3.63, 3.8) is 0 Å². The van der Waals surface area contributed by atoms with Gasteiger partial charge in [0.25, 0.3) is 0 Å². The zero-order valence-electron chi connectivity index (χ0n) is 13.1.